The van der Waals surface area contributed by atoms with Crippen molar-refractivity contribution in [1.29, 1.82) is 0 Å². The molecule has 0 aliphatic heterocycles. The second kappa shape index (κ2) is 11.6. The molecule has 194 valence electrons. The molecule has 0 radical (unpaired) electrons. The number of sulfonamides is 1. The number of fused-ring (bicyclic) bond motifs is 1. The van der Waals surface area contributed by atoms with Crippen molar-refractivity contribution in [2.75, 3.05) is 20.6 Å². The highest BCUT2D eigenvalue weighted by molar-refractivity contribution is 7.89. The standard InChI is InChI=1S/C21H22F4N4O3S.2ClH/c1-13-20(14-8-17(11-27-10-14)33(30,31)28(2)3)18-9-16(32-21(23,24)25)4-5-19(18)29(13)12-15(22)6-7-26;;/h4-6,8-11H,7,12,26H2,1-3H3;2*1H/b15-6-;;. The number of rotatable bonds is 7. The summed E-state index contributed by atoms with van der Waals surface area (Å²) in [5.41, 5.74) is 7.04. The fraction of sp³-hybridized carbons (Fsp3) is 0.286. The monoisotopic (exact) mass is 558 g/mol. The van der Waals surface area contributed by atoms with Gasteiger partial charge in [0.15, 0.2) is 0 Å². The molecule has 2 N–H and O–H groups in total. The van der Waals surface area contributed by atoms with Crippen LogP contribution in [0.15, 0.2) is 53.5 Å². The Balaban J connectivity index is 0.00000306. The molecule has 0 fully saturated rings. The largest absolute Gasteiger partial charge is 0.573 e. The Hall–Kier alpha value is -2.38. The van der Waals surface area contributed by atoms with Crippen molar-refractivity contribution in [3.05, 3.63) is 54.3 Å². The molecule has 0 aliphatic rings. The minimum absolute atomic E-state index is 0. The first-order chi connectivity index (χ1) is 15.3. The zero-order valence-electron chi connectivity index (χ0n) is 18.8. The molecule has 0 unspecified atom stereocenters. The Morgan fingerprint density at radius 2 is 1.86 bits per heavy atom. The second-order valence-corrected chi connectivity index (χ2v) is 9.51. The third kappa shape index (κ3) is 6.64. The minimum Gasteiger partial charge on any atom is -0.406 e. The highest BCUT2D eigenvalue weighted by atomic mass is 35.5. The molecule has 0 bridgehead atoms. The van der Waals surface area contributed by atoms with Gasteiger partial charge in [0, 0.05) is 60.8 Å². The number of nitrogens with two attached hydrogens (primary N) is 1. The number of hydrogen-bond acceptors (Lipinski definition) is 5. The van der Waals surface area contributed by atoms with Gasteiger partial charge in [0.1, 0.15) is 16.5 Å². The zero-order chi connectivity index (χ0) is 24.6. The van der Waals surface area contributed by atoms with Crippen LogP contribution in [0.25, 0.3) is 22.0 Å². The highest BCUT2D eigenvalue weighted by Crippen LogP contribution is 2.38. The molecule has 35 heavy (non-hydrogen) atoms. The van der Waals surface area contributed by atoms with Gasteiger partial charge in [-0.3, -0.25) is 4.98 Å². The van der Waals surface area contributed by atoms with Crippen LogP contribution < -0.4 is 10.5 Å². The van der Waals surface area contributed by atoms with E-state index in [4.69, 9.17) is 5.73 Å². The Morgan fingerprint density at radius 1 is 1.20 bits per heavy atom. The summed E-state index contributed by atoms with van der Waals surface area (Å²) in [5, 5.41) is 0.316. The topological polar surface area (TPSA) is 90.5 Å². The average molecular weight is 559 g/mol. The Labute approximate surface area is 212 Å². The lowest BCUT2D eigenvalue weighted by atomic mass is 10.0. The van der Waals surface area contributed by atoms with Gasteiger partial charge in [0.25, 0.3) is 0 Å². The lowest BCUT2D eigenvalue weighted by Gasteiger charge is -2.12. The van der Waals surface area contributed by atoms with E-state index in [0.717, 1.165) is 10.4 Å². The van der Waals surface area contributed by atoms with Crippen LogP contribution in [0.4, 0.5) is 17.6 Å². The SMILES string of the molecule is Cc1c(-c2cncc(S(=O)(=O)N(C)C)c2)c2cc(OC(F)(F)F)ccc2n1C/C(F)=C/CN.Cl.Cl. The molecule has 7 nitrogen and oxygen atoms in total. The van der Waals surface area contributed by atoms with E-state index in [2.05, 4.69) is 9.72 Å². The third-order valence-corrected chi connectivity index (χ3v) is 6.74. The van der Waals surface area contributed by atoms with Gasteiger partial charge < -0.3 is 15.0 Å². The zero-order valence-corrected chi connectivity index (χ0v) is 21.3. The maximum absolute atomic E-state index is 14.3. The summed E-state index contributed by atoms with van der Waals surface area (Å²) in [5.74, 6) is -0.988. The molecule has 1 aromatic carbocycles. The number of pyridine rings is 1. The summed E-state index contributed by atoms with van der Waals surface area (Å²) in [6.07, 6.45) is -1.14. The van der Waals surface area contributed by atoms with Crippen molar-refractivity contribution < 1.29 is 30.7 Å². The number of allylic oxidation sites excluding steroid dienone is 1. The summed E-state index contributed by atoms with van der Waals surface area (Å²) >= 11 is 0. The van der Waals surface area contributed by atoms with Gasteiger partial charge in [-0.1, -0.05) is 0 Å². The summed E-state index contributed by atoms with van der Waals surface area (Å²) in [6.45, 7) is 1.43. The first-order valence-corrected chi connectivity index (χ1v) is 11.1. The molecule has 0 saturated heterocycles. The quantitative estimate of drug-likeness (QED) is 0.420. The minimum atomic E-state index is -4.90. The molecule has 3 aromatic rings. The number of ether oxygens (including phenoxy) is 1. The van der Waals surface area contributed by atoms with Crippen molar-refractivity contribution in [2.45, 2.75) is 24.7 Å². The van der Waals surface area contributed by atoms with Crippen LogP contribution >= 0.6 is 24.8 Å². The smallest absolute Gasteiger partial charge is 0.406 e. The summed E-state index contributed by atoms with van der Waals surface area (Å²) in [4.78, 5) is 3.92. The van der Waals surface area contributed by atoms with Crippen LogP contribution in [0.5, 0.6) is 5.75 Å². The molecule has 3 rings (SSSR count). The summed E-state index contributed by atoms with van der Waals surface area (Å²) in [7, 11) is -1.08. The fourth-order valence-corrected chi connectivity index (χ4v) is 4.37. The Kier molecular flexibility index (Phi) is 10.1. The number of aromatic nitrogens is 2. The maximum Gasteiger partial charge on any atom is 0.573 e. The van der Waals surface area contributed by atoms with E-state index in [-0.39, 0.29) is 42.8 Å². The lowest BCUT2D eigenvalue weighted by molar-refractivity contribution is -0.274. The molecule has 2 heterocycles. The van der Waals surface area contributed by atoms with E-state index in [0.29, 0.717) is 27.7 Å². The number of alkyl halides is 3. The average Bonchev–Trinajstić information content (AvgIpc) is 2.97. The van der Waals surface area contributed by atoms with Crippen LogP contribution in [0.3, 0.4) is 0 Å². The molecule has 0 aliphatic carbocycles. The summed E-state index contributed by atoms with van der Waals surface area (Å²) < 4.78 is 84.4. The predicted octanol–water partition coefficient (Wildman–Crippen LogP) is 4.82. The number of halogens is 6. The molecule has 0 amide bonds. The third-order valence-electron chi connectivity index (χ3n) is 4.96. The van der Waals surface area contributed by atoms with Gasteiger partial charge in [-0.15, -0.1) is 38.0 Å². The molecule has 0 atom stereocenters. The predicted molar refractivity (Wildman–Crippen MR) is 130 cm³/mol. The van der Waals surface area contributed by atoms with Crippen molar-refractivity contribution in [2.24, 2.45) is 5.73 Å². The van der Waals surface area contributed by atoms with Crippen molar-refractivity contribution >= 4 is 45.7 Å². The van der Waals surface area contributed by atoms with E-state index >= 15 is 0 Å². The van der Waals surface area contributed by atoms with Gasteiger partial charge in [-0.25, -0.2) is 17.1 Å². The van der Waals surface area contributed by atoms with E-state index in [1.54, 1.807) is 11.5 Å². The molecule has 0 spiro atoms. The molecule has 14 heteroatoms. The van der Waals surface area contributed by atoms with E-state index in [9.17, 15) is 26.0 Å². The van der Waals surface area contributed by atoms with Crippen molar-refractivity contribution in [1.82, 2.24) is 13.9 Å². The number of benzene rings is 1. The fourth-order valence-electron chi connectivity index (χ4n) is 3.48. The first-order valence-electron chi connectivity index (χ1n) is 9.66. The summed E-state index contributed by atoms with van der Waals surface area (Å²) in [6, 6.07) is 5.07. The lowest BCUT2D eigenvalue weighted by Crippen LogP contribution is -2.22. The van der Waals surface area contributed by atoms with Gasteiger partial charge in [0.2, 0.25) is 10.0 Å². The van der Waals surface area contributed by atoms with Crippen LogP contribution in [-0.4, -0.2) is 49.3 Å². The Morgan fingerprint density at radius 3 is 2.43 bits per heavy atom. The van der Waals surface area contributed by atoms with Gasteiger partial charge in [-0.05, 0) is 37.3 Å². The molecule has 2 aromatic heterocycles. The van der Waals surface area contributed by atoms with Crippen LogP contribution in [-0.2, 0) is 16.6 Å². The molecular formula is C21H24Cl2F4N4O3S. The second-order valence-electron chi connectivity index (χ2n) is 7.36. The molecule has 0 saturated carbocycles. The van der Waals surface area contributed by atoms with Crippen LogP contribution in [0.1, 0.15) is 5.69 Å². The van der Waals surface area contributed by atoms with E-state index < -0.39 is 28.0 Å². The number of hydrogen-bond donors (Lipinski definition) is 1. The van der Waals surface area contributed by atoms with Crippen molar-refractivity contribution in [3.63, 3.8) is 0 Å². The Bertz CT molecular complexity index is 1330. The maximum atomic E-state index is 14.3. The van der Waals surface area contributed by atoms with Gasteiger partial charge >= 0.3 is 6.36 Å². The van der Waals surface area contributed by atoms with Crippen LogP contribution in [0.2, 0.25) is 0 Å². The number of nitrogens with zero attached hydrogens (tertiary/aromatic N) is 3. The van der Waals surface area contributed by atoms with E-state index in [1.807, 2.05) is 0 Å². The van der Waals surface area contributed by atoms with Gasteiger partial charge in [0.05, 0.1) is 6.54 Å². The normalized spacial score (nSPS) is 12.4. The van der Waals surface area contributed by atoms with E-state index in [1.165, 1.54) is 50.8 Å². The highest BCUT2D eigenvalue weighted by Gasteiger charge is 2.31. The molecular weight excluding hydrogens is 535 g/mol. The van der Waals surface area contributed by atoms with Crippen LogP contribution in [0, 0.1) is 6.92 Å². The van der Waals surface area contributed by atoms with Gasteiger partial charge in [-0.2, -0.15) is 0 Å². The van der Waals surface area contributed by atoms with Crippen molar-refractivity contribution in [3.8, 4) is 16.9 Å². The first kappa shape index (κ1) is 30.7.